The van der Waals surface area contributed by atoms with Crippen LogP contribution in [-0.4, -0.2) is 18.9 Å². The summed E-state index contributed by atoms with van der Waals surface area (Å²) in [5, 5.41) is 0. The summed E-state index contributed by atoms with van der Waals surface area (Å²) in [6.07, 6.45) is 4.41. The molecule has 0 unspecified atom stereocenters. The van der Waals surface area contributed by atoms with Crippen LogP contribution in [0.15, 0.2) is 140 Å². The van der Waals surface area contributed by atoms with E-state index in [1.165, 1.54) is 0 Å². The van der Waals surface area contributed by atoms with Crippen molar-refractivity contribution >= 4 is 59.1 Å². The molecule has 0 aliphatic carbocycles. The monoisotopic (exact) mass is 626 g/mol. The van der Waals surface area contributed by atoms with Crippen molar-refractivity contribution in [3.63, 3.8) is 0 Å². The summed E-state index contributed by atoms with van der Waals surface area (Å²) in [4.78, 5) is 38.6. The molecule has 0 radical (unpaired) electrons. The first kappa shape index (κ1) is 31.6. The first-order chi connectivity index (χ1) is 23.4. The molecule has 0 saturated heterocycles. The van der Waals surface area contributed by atoms with Gasteiger partial charge in [0.1, 0.15) is 18.9 Å². The molecule has 0 aliphatic rings. The molecule has 6 aromatic carbocycles. The third kappa shape index (κ3) is 6.48. The Balaban J connectivity index is 1.34. The highest BCUT2D eigenvalue weighted by molar-refractivity contribution is 5.85. The van der Waals surface area contributed by atoms with Gasteiger partial charge in [-0.2, -0.15) is 0 Å². The van der Waals surface area contributed by atoms with E-state index < -0.39 is 0 Å². The fourth-order valence-corrected chi connectivity index (χ4v) is 5.82. The minimum Gasteiger partial charge on any atom is -0.310 e. The van der Waals surface area contributed by atoms with Gasteiger partial charge in [0, 0.05) is 50.8 Å². The second-order valence-electron chi connectivity index (χ2n) is 11.6. The first-order valence-corrected chi connectivity index (χ1v) is 15.6. The molecule has 0 N–H and O–H groups in total. The molecule has 0 bridgehead atoms. The van der Waals surface area contributed by atoms with Crippen LogP contribution in [0.25, 0.3) is 17.2 Å². The van der Waals surface area contributed by atoms with Crippen molar-refractivity contribution < 1.29 is 14.4 Å². The highest BCUT2D eigenvalue weighted by Crippen LogP contribution is 2.39. The molecule has 234 valence electrons. The van der Waals surface area contributed by atoms with Gasteiger partial charge >= 0.3 is 0 Å². The van der Waals surface area contributed by atoms with Gasteiger partial charge in [-0.25, -0.2) is 0 Å². The lowest BCUT2D eigenvalue weighted by atomic mass is 10.0. The summed E-state index contributed by atoms with van der Waals surface area (Å²) >= 11 is 0. The predicted molar refractivity (Wildman–Crippen MR) is 197 cm³/mol. The van der Waals surface area contributed by atoms with Crippen LogP contribution >= 0.6 is 0 Å². The molecule has 0 aromatic heterocycles. The molecular weight excluding hydrogens is 592 g/mol. The molecule has 0 amide bonds. The topological polar surface area (TPSA) is 57.7 Å². The minimum atomic E-state index is 0.602. The number of rotatable bonds is 11. The van der Waals surface area contributed by atoms with Crippen molar-refractivity contribution in [2.75, 3.05) is 9.80 Å². The van der Waals surface area contributed by atoms with Gasteiger partial charge in [-0.3, -0.25) is 14.4 Å². The van der Waals surface area contributed by atoms with Gasteiger partial charge in [0.15, 0.2) is 0 Å². The molecule has 5 heteroatoms. The fraction of sp³-hybridized carbons (Fsp3) is 0.0465. The number of carbonyl (C=O) groups excluding carboxylic acids is 3. The number of anilines is 6. The molecule has 0 atom stereocenters. The average Bonchev–Trinajstić information content (AvgIpc) is 3.13. The summed E-state index contributed by atoms with van der Waals surface area (Å²) < 4.78 is 0. The highest BCUT2D eigenvalue weighted by atomic mass is 16.1. The van der Waals surface area contributed by atoms with E-state index in [1.54, 1.807) is 12.1 Å². The minimum absolute atomic E-state index is 0.602. The van der Waals surface area contributed by atoms with Crippen LogP contribution < -0.4 is 9.80 Å². The van der Waals surface area contributed by atoms with Crippen LogP contribution in [0.5, 0.6) is 0 Å². The van der Waals surface area contributed by atoms with Crippen LogP contribution in [0.2, 0.25) is 0 Å². The number of aryl methyl sites for hydroxylation is 2. The third-order valence-corrected chi connectivity index (χ3v) is 8.54. The molecule has 5 nitrogen and oxygen atoms in total. The number of hydrogen-bond donors (Lipinski definition) is 0. The van der Waals surface area contributed by atoms with Crippen molar-refractivity contribution in [3.8, 4) is 11.1 Å². The van der Waals surface area contributed by atoms with E-state index in [4.69, 9.17) is 0 Å². The summed E-state index contributed by atoms with van der Waals surface area (Å²) in [6, 6.07) is 44.0. The van der Waals surface area contributed by atoms with Crippen LogP contribution in [-0.2, 0) is 0 Å². The third-order valence-electron chi connectivity index (χ3n) is 8.54. The molecule has 0 heterocycles. The number of carbonyl (C=O) groups is 3. The largest absolute Gasteiger partial charge is 0.310 e. The summed E-state index contributed by atoms with van der Waals surface area (Å²) in [5.74, 6) is 0. The number of nitrogens with zero attached hydrogens (tertiary/aromatic N) is 2. The SMILES string of the molecule is C=Cc1ccc(N(c2ccc(-c3ccc(N(c4ccc(C=O)cc4)c4ccc(C=O)c(C)c4)cc3)cc2)c2ccc(C=O)c(C)c2)cc1. The zero-order chi connectivity index (χ0) is 33.6. The first-order valence-electron chi connectivity index (χ1n) is 15.6. The molecule has 0 fully saturated rings. The van der Waals surface area contributed by atoms with Gasteiger partial charge in [-0.15, -0.1) is 0 Å². The van der Waals surface area contributed by atoms with E-state index >= 15 is 0 Å². The Kier molecular flexibility index (Phi) is 9.21. The van der Waals surface area contributed by atoms with E-state index in [0.717, 1.165) is 80.8 Å². The quantitative estimate of drug-likeness (QED) is 0.134. The lowest BCUT2D eigenvalue weighted by Crippen LogP contribution is -2.11. The van der Waals surface area contributed by atoms with Crippen LogP contribution in [0.1, 0.15) is 47.8 Å². The van der Waals surface area contributed by atoms with E-state index in [1.807, 2.05) is 80.6 Å². The number of benzene rings is 6. The zero-order valence-corrected chi connectivity index (χ0v) is 26.8. The standard InChI is InChI=1S/C43H34N2O3/c1-4-32-5-15-38(16-6-32)44(42-23-13-36(28-47)30(2)25-42)40-19-9-34(10-20-40)35-11-21-41(22-12-35)45(39-17-7-33(27-46)8-18-39)43-24-14-37(29-48)31(3)26-43/h4-29H,1H2,2-3H3. The number of aldehydes is 3. The van der Waals surface area contributed by atoms with Gasteiger partial charge in [-0.1, -0.05) is 49.1 Å². The van der Waals surface area contributed by atoms with Crippen molar-refractivity contribution in [2.24, 2.45) is 0 Å². The van der Waals surface area contributed by atoms with Crippen LogP contribution in [0.3, 0.4) is 0 Å². The summed E-state index contributed by atoms with van der Waals surface area (Å²) in [7, 11) is 0. The maximum absolute atomic E-state index is 11.5. The molecule has 6 rings (SSSR count). The van der Waals surface area contributed by atoms with Crippen molar-refractivity contribution in [1.82, 2.24) is 0 Å². The Labute approximate surface area is 281 Å². The van der Waals surface area contributed by atoms with Crippen LogP contribution in [0, 0.1) is 13.8 Å². The Hall–Kier alpha value is -6.33. The maximum atomic E-state index is 11.5. The van der Waals surface area contributed by atoms with Gasteiger partial charge in [0.25, 0.3) is 0 Å². The Morgan fingerprint density at radius 3 is 1.06 bits per heavy atom. The molecule has 0 saturated carbocycles. The Morgan fingerprint density at radius 2 is 0.750 bits per heavy atom. The Morgan fingerprint density at radius 1 is 0.417 bits per heavy atom. The molecule has 0 spiro atoms. The molecule has 6 aromatic rings. The fourth-order valence-electron chi connectivity index (χ4n) is 5.82. The van der Waals surface area contributed by atoms with E-state index in [-0.39, 0.29) is 0 Å². The molecule has 48 heavy (non-hydrogen) atoms. The van der Waals surface area contributed by atoms with Gasteiger partial charge in [-0.05, 0) is 139 Å². The summed E-state index contributed by atoms with van der Waals surface area (Å²) in [5.41, 5.74) is 12.6. The molecule has 0 aliphatic heterocycles. The number of hydrogen-bond acceptors (Lipinski definition) is 5. The van der Waals surface area contributed by atoms with Crippen molar-refractivity contribution in [2.45, 2.75) is 13.8 Å². The zero-order valence-electron chi connectivity index (χ0n) is 26.8. The van der Waals surface area contributed by atoms with E-state index in [0.29, 0.717) is 16.7 Å². The smallest absolute Gasteiger partial charge is 0.150 e. The highest BCUT2D eigenvalue weighted by Gasteiger charge is 2.16. The lowest BCUT2D eigenvalue weighted by molar-refractivity contribution is 0.111. The second-order valence-corrected chi connectivity index (χ2v) is 11.6. The summed E-state index contributed by atoms with van der Waals surface area (Å²) in [6.45, 7) is 7.75. The maximum Gasteiger partial charge on any atom is 0.150 e. The molecular formula is C43H34N2O3. The Bertz CT molecular complexity index is 1940. The normalized spacial score (nSPS) is 10.6. The van der Waals surface area contributed by atoms with E-state index in [2.05, 4.69) is 77.0 Å². The van der Waals surface area contributed by atoms with Gasteiger partial charge in [0.05, 0.1) is 0 Å². The lowest BCUT2D eigenvalue weighted by Gasteiger charge is -2.27. The van der Waals surface area contributed by atoms with Gasteiger partial charge in [0.2, 0.25) is 0 Å². The van der Waals surface area contributed by atoms with Crippen LogP contribution in [0.4, 0.5) is 34.1 Å². The van der Waals surface area contributed by atoms with E-state index in [9.17, 15) is 14.4 Å². The predicted octanol–water partition coefficient (Wildman–Crippen LogP) is 11.0. The van der Waals surface area contributed by atoms with Crippen molar-refractivity contribution in [1.29, 1.82) is 0 Å². The second kappa shape index (κ2) is 14.0. The van der Waals surface area contributed by atoms with Crippen molar-refractivity contribution in [3.05, 3.63) is 173 Å². The average molecular weight is 627 g/mol. The van der Waals surface area contributed by atoms with Gasteiger partial charge < -0.3 is 9.80 Å².